The molecule has 0 atom stereocenters. The van der Waals surface area contributed by atoms with Crippen LogP contribution in [0.15, 0.2) is 58.4 Å². The number of para-hydroxylation sites is 1. The second-order valence-corrected chi connectivity index (χ2v) is 9.87. The van der Waals surface area contributed by atoms with Gasteiger partial charge in [-0.05, 0) is 42.3 Å². The van der Waals surface area contributed by atoms with Crippen LogP contribution in [-0.4, -0.2) is 55.7 Å². The van der Waals surface area contributed by atoms with Gasteiger partial charge in [-0.25, -0.2) is 8.42 Å². The summed E-state index contributed by atoms with van der Waals surface area (Å²) in [5.74, 6) is -0.982. The number of sulfonamides is 1. The summed E-state index contributed by atoms with van der Waals surface area (Å²) in [6, 6.07) is 11.6. The fourth-order valence-corrected chi connectivity index (χ4v) is 5.70. The van der Waals surface area contributed by atoms with E-state index in [9.17, 15) is 22.8 Å². The molecule has 4 rings (SSSR count). The molecular weight excluding hydrogens is 456 g/mol. The molecule has 0 radical (unpaired) electrons. The molecule has 1 aliphatic rings. The number of benzene rings is 2. The van der Waals surface area contributed by atoms with Gasteiger partial charge in [0.25, 0.3) is 5.91 Å². The van der Waals surface area contributed by atoms with Crippen LogP contribution in [0.2, 0.25) is 0 Å². The molecule has 0 aliphatic carbocycles. The Bertz CT molecular complexity index is 1430. The van der Waals surface area contributed by atoms with Crippen molar-refractivity contribution in [1.29, 1.82) is 0 Å². The van der Waals surface area contributed by atoms with Crippen molar-refractivity contribution in [3.05, 3.63) is 70.0 Å². The summed E-state index contributed by atoms with van der Waals surface area (Å²) >= 11 is 0. The molecule has 0 saturated carbocycles. The van der Waals surface area contributed by atoms with Crippen LogP contribution in [-0.2, 0) is 21.2 Å². The van der Waals surface area contributed by atoms with Crippen molar-refractivity contribution in [1.82, 2.24) is 14.6 Å². The van der Waals surface area contributed by atoms with Crippen LogP contribution in [0.1, 0.15) is 29.8 Å². The zero-order valence-corrected chi connectivity index (χ0v) is 19.8. The number of H-pyrrole nitrogens is 1. The molecule has 178 valence electrons. The van der Waals surface area contributed by atoms with Crippen LogP contribution in [0, 0.1) is 0 Å². The first-order chi connectivity index (χ1) is 16.3. The average molecular weight is 483 g/mol. The summed E-state index contributed by atoms with van der Waals surface area (Å²) in [5, 5.41) is 2.92. The van der Waals surface area contributed by atoms with Gasteiger partial charge in [0.2, 0.25) is 21.4 Å². The number of carbonyl (C=O) groups excluding carboxylic acids is 2. The predicted octanol–water partition coefficient (Wildman–Crippen LogP) is 1.88. The third-order valence-corrected chi connectivity index (χ3v) is 8.07. The van der Waals surface area contributed by atoms with Gasteiger partial charge in [-0.3, -0.25) is 14.4 Å². The van der Waals surface area contributed by atoms with Crippen molar-refractivity contribution in [2.75, 3.05) is 31.1 Å². The van der Waals surface area contributed by atoms with Crippen molar-refractivity contribution >= 4 is 38.4 Å². The van der Waals surface area contributed by atoms with Crippen LogP contribution in [0.3, 0.4) is 0 Å². The number of aromatic amines is 1. The first kappa shape index (κ1) is 23.7. The topological polar surface area (TPSA) is 120 Å². The first-order valence-electron chi connectivity index (χ1n) is 11.1. The Morgan fingerprint density at radius 3 is 2.59 bits per heavy atom. The van der Waals surface area contributed by atoms with E-state index in [2.05, 4.69) is 10.3 Å². The second-order valence-electron chi connectivity index (χ2n) is 7.93. The van der Waals surface area contributed by atoms with Gasteiger partial charge < -0.3 is 15.2 Å². The van der Waals surface area contributed by atoms with Crippen LogP contribution in [0.4, 0.5) is 5.69 Å². The fraction of sp³-hybridized carbons (Fsp3) is 0.292. The number of carbonyl (C=O) groups is 2. The Morgan fingerprint density at radius 2 is 1.85 bits per heavy atom. The van der Waals surface area contributed by atoms with Crippen molar-refractivity contribution in [2.24, 2.45) is 0 Å². The van der Waals surface area contributed by atoms with E-state index in [1.54, 1.807) is 50.2 Å². The Morgan fingerprint density at radius 1 is 1.12 bits per heavy atom. The van der Waals surface area contributed by atoms with Crippen LogP contribution < -0.4 is 15.6 Å². The molecule has 0 bridgehead atoms. The van der Waals surface area contributed by atoms with E-state index in [0.29, 0.717) is 42.6 Å². The summed E-state index contributed by atoms with van der Waals surface area (Å²) in [7, 11) is -3.59. The van der Waals surface area contributed by atoms with Crippen LogP contribution >= 0.6 is 0 Å². The van der Waals surface area contributed by atoms with E-state index in [1.165, 1.54) is 21.5 Å². The smallest absolute Gasteiger partial charge is 0.257 e. The molecule has 2 amide bonds. The Balaban J connectivity index is 1.47. The Labute approximate surface area is 197 Å². The molecule has 0 saturated heterocycles. The highest BCUT2D eigenvalue weighted by Crippen LogP contribution is 2.31. The minimum absolute atomic E-state index is 0.0698. The summed E-state index contributed by atoms with van der Waals surface area (Å²) in [5.41, 5.74) is 1.53. The zero-order chi connectivity index (χ0) is 24.5. The fourth-order valence-electron chi connectivity index (χ4n) is 4.19. The molecule has 1 aromatic heterocycles. The number of amides is 2. The lowest BCUT2D eigenvalue weighted by Gasteiger charge is -2.20. The molecule has 2 aromatic carbocycles. The monoisotopic (exact) mass is 482 g/mol. The molecule has 9 nitrogen and oxygen atoms in total. The summed E-state index contributed by atoms with van der Waals surface area (Å²) < 4.78 is 27.0. The zero-order valence-electron chi connectivity index (χ0n) is 19.0. The SMILES string of the molecule is CCN(CC)S(=O)(=O)c1ccc2c(c1)CCN2C(=O)CNC(=O)c1c[nH]c2ccccc2c1=O. The number of fused-ring (bicyclic) bond motifs is 2. The van der Waals surface area contributed by atoms with Crippen LogP contribution in [0.25, 0.3) is 10.9 Å². The number of anilines is 1. The van der Waals surface area contributed by atoms with Crippen LogP contribution in [0.5, 0.6) is 0 Å². The highest BCUT2D eigenvalue weighted by Gasteiger charge is 2.28. The molecule has 10 heteroatoms. The number of rotatable bonds is 7. The standard InChI is InChI=1S/C24H26N4O5S/c1-3-27(4-2)34(32,33)17-9-10-21-16(13-17)11-12-28(21)22(29)15-26-24(31)19-14-25-20-8-6-5-7-18(20)23(19)30/h5-10,13-14H,3-4,11-12,15H2,1-2H3,(H,25,30)(H,26,31). The van der Waals surface area contributed by atoms with Crippen molar-refractivity contribution < 1.29 is 18.0 Å². The van der Waals surface area contributed by atoms with Gasteiger partial charge in [-0.1, -0.05) is 26.0 Å². The van der Waals surface area contributed by atoms with Gasteiger partial charge in [0.05, 0.1) is 11.4 Å². The van der Waals surface area contributed by atoms with E-state index in [4.69, 9.17) is 0 Å². The third-order valence-electron chi connectivity index (χ3n) is 6.02. The van der Waals surface area contributed by atoms with Crippen molar-refractivity contribution in [3.8, 4) is 0 Å². The Kier molecular flexibility index (Phi) is 6.54. The third kappa shape index (κ3) is 4.22. The number of aromatic nitrogens is 1. The number of nitrogens with zero attached hydrogens (tertiary/aromatic N) is 2. The van der Waals surface area contributed by atoms with Crippen molar-refractivity contribution in [3.63, 3.8) is 0 Å². The van der Waals surface area contributed by atoms with Gasteiger partial charge in [-0.15, -0.1) is 0 Å². The van der Waals surface area contributed by atoms with E-state index in [0.717, 1.165) is 5.56 Å². The molecular formula is C24H26N4O5S. The molecule has 0 fully saturated rings. The van der Waals surface area contributed by atoms with Gasteiger partial charge >= 0.3 is 0 Å². The molecule has 0 spiro atoms. The minimum Gasteiger partial charge on any atom is -0.360 e. The number of nitrogens with one attached hydrogen (secondary N) is 2. The number of hydrogen-bond acceptors (Lipinski definition) is 5. The predicted molar refractivity (Wildman–Crippen MR) is 130 cm³/mol. The maximum absolute atomic E-state index is 12.8. The van der Waals surface area contributed by atoms with E-state index < -0.39 is 21.4 Å². The normalized spacial score (nSPS) is 13.3. The lowest BCUT2D eigenvalue weighted by atomic mass is 10.1. The highest BCUT2D eigenvalue weighted by molar-refractivity contribution is 7.89. The second kappa shape index (κ2) is 9.40. The molecule has 3 aromatic rings. The highest BCUT2D eigenvalue weighted by atomic mass is 32.2. The lowest BCUT2D eigenvalue weighted by molar-refractivity contribution is -0.117. The van der Waals surface area contributed by atoms with Gasteiger partial charge in [0.1, 0.15) is 5.56 Å². The lowest BCUT2D eigenvalue weighted by Crippen LogP contribution is -2.40. The molecule has 0 unspecified atom stereocenters. The summed E-state index contributed by atoms with van der Waals surface area (Å²) in [6.07, 6.45) is 1.86. The summed E-state index contributed by atoms with van der Waals surface area (Å²) in [6.45, 7) is 4.42. The molecule has 34 heavy (non-hydrogen) atoms. The number of pyridine rings is 1. The first-order valence-corrected chi connectivity index (χ1v) is 12.5. The van der Waals surface area contributed by atoms with E-state index in [-0.39, 0.29) is 22.9 Å². The number of hydrogen-bond donors (Lipinski definition) is 2. The van der Waals surface area contributed by atoms with Gasteiger partial charge in [-0.2, -0.15) is 4.31 Å². The molecule has 2 heterocycles. The molecule has 1 aliphatic heterocycles. The van der Waals surface area contributed by atoms with Crippen molar-refractivity contribution in [2.45, 2.75) is 25.2 Å². The minimum atomic E-state index is -3.59. The van der Waals surface area contributed by atoms with Gasteiger partial charge in [0.15, 0.2) is 0 Å². The largest absolute Gasteiger partial charge is 0.360 e. The van der Waals surface area contributed by atoms with Gasteiger partial charge in [0, 0.05) is 42.4 Å². The quantitative estimate of drug-likeness (QED) is 0.533. The Hall–Kier alpha value is -3.50. The maximum Gasteiger partial charge on any atom is 0.257 e. The summed E-state index contributed by atoms with van der Waals surface area (Å²) in [4.78, 5) is 42.7. The van der Waals surface area contributed by atoms with E-state index in [1.807, 2.05) is 0 Å². The maximum atomic E-state index is 12.8. The van der Waals surface area contributed by atoms with E-state index >= 15 is 0 Å². The average Bonchev–Trinajstić information content (AvgIpc) is 3.27. The molecule has 2 N–H and O–H groups in total.